The summed E-state index contributed by atoms with van der Waals surface area (Å²) >= 11 is 0. The van der Waals surface area contributed by atoms with Gasteiger partial charge < -0.3 is 0 Å². The number of hydrogen-bond acceptors (Lipinski definition) is 0. The van der Waals surface area contributed by atoms with Crippen LogP contribution in [-0.2, 0) is 0 Å². The van der Waals surface area contributed by atoms with E-state index in [2.05, 4.69) is 17.4 Å². The Morgan fingerprint density at radius 3 is 2.83 bits per heavy atom. The molecule has 1 unspecified atom stereocenters. The van der Waals surface area contributed by atoms with Crippen molar-refractivity contribution in [2.24, 2.45) is 0 Å². The number of hydrogen-bond donors (Lipinski definition) is 0. The summed E-state index contributed by atoms with van der Waals surface area (Å²) in [6.07, 6.45) is 5.63. The first-order valence-electron chi connectivity index (χ1n) is 2.10. The highest BCUT2D eigenvalue weighted by Crippen LogP contribution is 2.09. The molecule has 0 fully saturated rings. The molecule has 0 saturated heterocycles. The van der Waals surface area contributed by atoms with Crippen molar-refractivity contribution in [1.29, 1.82) is 0 Å². The second kappa shape index (κ2) is 1.63. The van der Waals surface area contributed by atoms with Crippen LogP contribution in [0.5, 0.6) is 0 Å². The molecule has 0 amide bonds. The fourth-order valence-electron chi connectivity index (χ4n) is 0.496. The van der Waals surface area contributed by atoms with Gasteiger partial charge in [-0.3, -0.25) is 0 Å². The van der Waals surface area contributed by atoms with Gasteiger partial charge in [0.25, 0.3) is 0 Å². The molecule has 0 bridgehead atoms. The molecule has 0 saturated carbocycles. The van der Waals surface area contributed by atoms with Crippen LogP contribution in [0.1, 0.15) is 6.42 Å². The van der Waals surface area contributed by atoms with Gasteiger partial charge in [-0.25, -0.2) is 0 Å². The lowest BCUT2D eigenvalue weighted by Crippen LogP contribution is -1.65. The fraction of sp³-hybridized carbons (Fsp3) is 0.600. The highest BCUT2D eigenvalue weighted by molar-refractivity contribution is 8.14. The quantitative estimate of drug-likeness (QED) is 0.402. The van der Waals surface area contributed by atoms with E-state index >= 15 is 0 Å². The maximum atomic E-state index is 3.22. The minimum atomic E-state index is 0.522. The highest BCUT2D eigenvalue weighted by Gasteiger charge is 1.87. The molecule has 6 heavy (non-hydrogen) atoms. The summed E-state index contributed by atoms with van der Waals surface area (Å²) < 4.78 is 0. The van der Waals surface area contributed by atoms with Crippen molar-refractivity contribution in [3.63, 3.8) is 0 Å². The first kappa shape index (κ1) is 4.17. The van der Waals surface area contributed by atoms with Crippen LogP contribution in [0.15, 0.2) is 6.08 Å². The Morgan fingerprint density at radius 1 is 1.83 bits per heavy atom. The molecule has 0 N–H and O–H groups in total. The average molecular weight is 100 g/mol. The molecule has 1 heterocycles. The predicted molar refractivity (Wildman–Crippen MR) is 32.6 cm³/mol. The molecule has 0 aromatic carbocycles. The minimum Gasteiger partial charge on any atom is -0.146 e. The zero-order valence-electron chi connectivity index (χ0n) is 3.90. The molecule has 1 atom stereocenters. The van der Waals surface area contributed by atoms with Gasteiger partial charge in [0.15, 0.2) is 0 Å². The Hall–Kier alpha value is -0.0000000000000000278. The standard InChI is InChI=1S/C5H8S/c1-6-4-2-3-5-6/h2H,3,5H2,1H3. The maximum absolute atomic E-state index is 3.22. The van der Waals surface area contributed by atoms with Gasteiger partial charge in [-0.2, -0.15) is 0 Å². The summed E-state index contributed by atoms with van der Waals surface area (Å²) in [4.78, 5) is 0. The fourth-order valence-corrected chi connectivity index (χ4v) is 1.49. The Morgan fingerprint density at radius 2 is 2.67 bits per heavy atom. The molecule has 0 radical (unpaired) electrons. The predicted octanol–water partition coefficient (Wildman–Crippen LogP) is 1.25. The summed E-state index contributed by atoms with van der Waals surface area (Å²) in [7, 11) is 0.522. The second-order valence-corrected chi connectivity index (χ2v) is 3.37. The molecular formula is C5H8S. The monoisotopic (exact) mass is 100 g/mol. The molecule has 1 aliphatic rings. The van der Waals surface area contributed by atoms with Crippen LogP contribution in [-0.4, -0.2) is 17.0 Å². The summed E-state index contributed by atoms with van der Waals surface area (Å²) in [5, 5.41) is 3.22. The Bertz CT molecular complexity index is 107. The Balaban J connectivity index is 2.71. The first-order chi connectivity index (χ1) is 2.89. The third-order valence-electron chi connectivity index (χ3n) is 0.853. The lowest BCUT2D eigenvalue weighted by molar-refractivity contribution is 1.27. The van der Waals surface area contributed by atoms with Crippen LogP contribution in [0.2, 0.25) is 0 Å². The van der Waals surface area contributed by atoms with E-state index in [4.69, 9.17) is 0 Å². The van der Waals surface area contributed by atoms with Gasteiger partial charge in [-0.1, -0.05) is 5.02 Å². The van der Waals surface area contributed by atoms with Crippen molar-refractivity contribution in [1.82, 2.24) is 0 Å². The summed E-state index contributed by atoms with van der Waals surface area (Å²) in [6.45, 7) is 0. The van der Waals surface area contributed by atoms with Gasteiger partial charge in [0.05, 0.1) is 0 Å². The molecule has 0 aliphatic carbocycles. The second-order valence-electron chi connectivity index (χ2n) is 1.45. The molecular weight excluding hydrogens is 92.1 g/mol. The van der Waals surface area contributed by atoms with Crippen molar-refractivity contribution >= 4 is 15.5 Å². The van der Waals surface area contributed by atoms with E-state index in [1.54, 1.807) is 0 Å². The molecule has 34 valence electrons. The van der Waals surface area contributed by atoms with Crippen LogP contribution in [0.4, 0.5) is 0 Å². The molecule has 0 spiro atoms. The van der Waals surface area contributed by atoms with E-state index in [1.165, 1.54) is 12.2 Å². The largest absolute Gasteiger partial charge is 0.146 e. The van der Waals surface area contributed by atoms with E-state index in [0.717, 1.165) is 0 Å². The topological polar surface area (TPSA) is 0 Å². The molecule has 0 aromatic heterocycles. The van der Waals surface area contributed by atoms with Gasteiger partial charge in [-0.15, -0.1) is 10.5 Å². The first-order valence-corrected chi connectivity index (χ1v) is 3.90. The van der Waals surface area contributed by atoms with E-state index in [9.17, 15) is 0 Å². The number of allylic oxidation sites excluding steroid dienone is 1. The van der Waals surface area contributed by atoms with Gasteiger partial charge >= 0.3 is 0 Å². The van der Waals surface area contributed by atoms with Gasteiger partial charge in [0.1, 0.15) is 0 Å². The van der Waals surface area contributed by atoms with Crippen LogP contribution in [0.3, 0.4) is 0 Å². The highest BCUT2D eigenvalue weighted by atomic mass is 32.2. The van der Waals surface area contributed by atoms with Crippen LogP contribution in [0, 0.1) is 0 Å². The maximum Gasteiger partial charge on any atom is -0.000953 e. The summed E-state index contributed by atoms with van der Waals surface area (Å²) in [5.41, 5.74) is 0. The molecule has 1 rings (SSSR count). The Kier molecular flexibility index (Phi) is 1.13. The zero-order chi connectivity index (χ0) is 4.41. The zero-order valence-corrected chi connectivity index (χ0v) is 4.72. The van der Waals surface area contributed by atoms with Crippen LogP contribution in [0.25, 0.3) is 0 Å². The molecule has 1 aliphatic heterocycles. The SMILES string of the molecule is CS1=C=CCC1. The van der Waals surface area contributed by atoms with E-state index in [1.807, 2.05) is 0 Å². The smallest absolute Gasteiger partial charge is 0.000953 e. The third kappa shape index (κ3) is 0.735. The minimum absolute atomic E-state index is 0.522. The number of rotatable bonds is 0. The van der Waals surface area contributed by atoms with E-state index in [-0.39, 0.29) is 0 Å². The van der Waals surface area contributed by atoms with E-state index in [0.29, 0.717) is 10.5 Å². The lowest BCUT2D eigenvalue weighted by atomic mass is 10.5. The van der Waals surface area contributed by atoms with Gasteiger partial charge in [-0.05, 0) is 24.5 Å². The van der Waals surface area contributed by atoms with Gasteiger partial charge in [0.2, 0.25) is 0 Å². The Labute approximate surface area is 40.8 Å². The van der Waals surface area contributed by atoms with Gasteiger partial charge in [0, 0.05) is 0 Å². The van der Waals surface area contributed by atoms with Crippen molar-refractivity contribution < 1.29 is 0 Å². The van der Waals surface area contributed by atoms with Crippen molar-refractivity contribution in [2.75, 3.05) is 12.0 Å². The lowest BCUT2D eigenvalue weighted by Gasteiger charge is -1.82. The molecule has 0 aromatic rings. The van der Waals surface area contributed by atoms with Crippen molar-refractivity contribution in [3.8, 4) is 0 Å². The molecule has 1 heteroatoms. The van der Waals surface area contributed by atoms with Crippen molar-refractivity contribution in [3.05, 3.63) is 6.08 Å². The van der Waals surface area contributed by atoms with Crippen molar-refractivity contribution in [2.45, 2.75) is 6.42 Å². The third-order valence-corrected chi connectivity index (χ3v) is 2.27. The van der Waals surface area contributed by atoms with Crippen LogP contribution >= 0.6 is 10.5 Å². The molecule has 0 nitrogen and oxygen atoms in total. The average Bonchev–Trinajstić information content (AvgIpc) is 1.86. The van der Waals surface area contributed by atoms with E-state index < -0.39 is 0 Å². The summed E-state index contributed by atoms with van der Waals surface area (Å²) in [6, 6.07) is 0. The summed E-state index contributed by atoms with van der Waals surface area (Å²) in [5.74, 6) is 1.35. The van der Waals surface area contributed by atoms with Crippen LogP contribution < -0.4 is 0 Å². The normalized spacial score (nSPS) is 30.5.